The van der Waals surface area contributed by atoms with Gasteiger partial charge in [0, 0.05) is 0 Å². The van der Waals surface area contributed by atoms with Crippen molar-refractivity contribution in [3.05, 3.63) is 12.2 Å². The highest BCUT2D eigenvalue weighted by Crippen LogP contribution is 1.60. The Balaban J connectivity index is 0. The lowest BCUT2D eigenvalue weighted by Gasteiger charge is -1.66. The zero-order valence-electron chi connectivity index (χ0n) is 5.31. The van der Waals surface area contributed by atoms with Crippen molar-refractivity contribution in [1.82, 2.24) is 0 Å². The quantitative estimate of drug-likeness (QED) is 0.498. The normalized spacial score (nSPS) is 8.00. The Morgan fingerprint density at radius 3 is 1.86 bits per heavy atom. The molecule has 0 saturated heterocycles. The van der Waals surface area contributed by atoms with Gasteiger partial charge in [0.25, 0.3) is 0 Å². The number of aliphatic hydroxyl groups excluding tert-OH is 1. The van der Waals surface area contributed by atoms with Crippen LogP contribution in [0.4, 0.5) is 0 Å². The SMILES string of the molecule is C/C=C/CO.CC. The molecule has 1 N–H and O–H groups in total. The maximum Gasteiger partial charge on any atom is 0.0612 e. The molecule has 0 saturated carbocycles. The summed E-state index contributed by atoms with van der Waals surface area (Å²) < 4.78 is 0. The summed E-state index contributed by atoms with van der Waals surface area (Å²) in [7, 11) is 0. The van der Waals surface area contributed by atoms with E-state index in [1.807, 2.05) is 20.8 Å². The van der Waals surface area contributed by atoms with E-state index in [0.29, 0.717) is 0 Å². The van der Waals surface area contributed by atoms with Gasteiger partial charge in [0.1, 0.15) is 0 Å². The van der Waals surface area contributed by atoms with E-state index in [2.05, 4.69) is 0 Å². The van der Waals surface area contributed by atoms with Gasteiger partial charge in [-0.2, -0.15) is 0 Å². The Bertz CT molecular complexity index is 31.2. The summed E-state index contributed by atoms with van der Waals surface area (Å²) in [5.41, 5.74) is 0. The van der Waals surface area contributed by atoms with Crippen molar-refractivity contribution in [2.75, 3.05) is 6.61 Å². The van der Waals surface area contributed by atoms with E-state index in [-0.39, 0.29) is 6.61 Å². The zero-order chi connectivity index (χ0) is 6.12. The van der Waals surface area contributed by atoms with E-state index in [0.717, 1.165) is 0 Å². The van der Waals surface area contributed by atoms with Crippen molar-refractivity contribution in [3.8, 4) is 0 Å². The Morgan fingerprint density at radius 1 is 1.43 bits per heavy atom. The summed E-state index contributed by atoms with van der Waals surface area (Å²) in [5, 5.41) is 7.98. The molecule has 7 heavy (non-hydrogen) atoms. The van der Waals surface area contributed by atoms with Crippen LogP contribution in [-0.4, -0.2) is 11.7 Å². The smallest absolute Gasteiger partial charge is 0.0612 e. The standard InChI is InChI=1S/C4H8O.C2H6/c1-2-3-4-5;1-2/h2-3,5H,4H2,1H3;1-2H3/b3-2+;. The largest absolute Gasteiger partial charge is 0.392 e. The van der Waals surface area contributed by atoms with E-state index in [9.17, 15) is 0 Å². The molecule has 0 aromatic rings. The monoisotopic (exact) mass is 102 g/mol. The zero-order valence-corrected chi connectivity index (χ0v) is 5.31. The lowest BCUT2D eigenvalue weighted by molar-refractivity contribution is 0.342. The second-order valence-corrected chi connectivity index (χ2v) is 0.752. The molecule has 0 aliphatic carbocycles. The van der Waals surface area contributed by atoms with Crippen LogP contribution in [0.3, 0.4) is 0 Å². The topological polar surface area (TPSA) is 20.2 Å². The Kier molecular flexibility index (Phi) is 24.3. The molecule has 0 atom stereocenters. The van der Waals surface area contributed by atoms with E-state index >= 15 is 0 Å². The third-order valence-electron chi connectivity index (χ3n) is 0.341. The second kappa shape index (κ2) is 17.3. The van der Waals surface area contributed by atoms with Crippen LogP contribution in [0, 0.1) is 0 Å². The highest BCUT2D eigenvalue weighted by Gasteiger charge is 1.52. The van der Waals surface area contributed by atoms with Gasteiger partial charge >= 0.3 is 0 Å². The summed E-state index contributed by atoms with van der Waals surface area (Å²) in [6.45, 7) is 6.03. The van der Waals surface area contributed by atoms with Crippen molar-refractivity contribution >= 4 is 0 Å². The summed E-state index contributed by atoms with van der Waals surface area (Å²) in [6.07, 6.45) is 3.49. The van der Waals surface area contributed by atoms with Gasteiger partial charge in [-0.15, -0.1) is 0 Å². The molecule has 0 radical (unpaired) electrons. The van der Waals surface area contributed by atoms with Crippen LogP contribution in [0.15, 0.2) is 12.2 Å². The van der Waals surface area contributed by atoms with Gasteiger partial charge in [-0.25, -0.2) is 0 Å². The van der Waals surface area contributed by atoms with Gasteiger partial charge in [0.05, 0.1) is 6.61 Å². The fourth-order valence-corrected chi connectivity index (χ4v) is 0.105. The molecule has 0 aromatic heterocycles. The van der Waals surface area contributed by atoms with E-state index < -0.39 is 0 Å². The summed E-state index contributed by atoms with van der Waals surface area (Å²) >= 11 is 0. The van der Waals surface area contributed by atoms with Crippen LogP contribution in [-0.2, 0) is 0 Å². The minimum Gasteiger partial charge on any atom is -0.392 e. The van der Waals surface area contributed by atoms with Crippen molar-refractivity contribution in [2.24, 2.45) is 0 Å². The number of hydrogen-bond acceptors (Lipinski definition) is 1. The van der Waals surface area contributed by atoms with Crippen LogP contribution >= 0.6 is 0 Å². The Morgan fingerprint density at radius 2 is 1.86 bits per heavy atom. The molecule has 0 aliphatic rings. The maximum absolute atomic E-state index is 7.98. The van der Waals surface area contributed by atoms with Crippen LogP contribution in [0.2, 0.25) is 0 Å². The molecule has 0 fully saturated rings. The van der Waals surface area contributed by atoms with Gasteiger partial charge in [0.2, 0.25) is 0 Å². The molecule has 0 rings (SSSR count). The molecule has 1 nitrogen and oxygen atoms in total. The molecular weight excluding hydrogens is 88.1 g/mol. The number of aliphatic hydroxyl groups is 1. The highest BCUT2D eigenvalue weighted by molar-refractivity contribution is 4.74. The molecular formula is C6H14O. The Labute approximate surface area is 45.7 Å². The van der Waals surface area contributed by atoms with Crippen molar-refractivity contribution < 1.29 is 5.11 Å². The second-order valence-electron chi connectivity index (χ2n) is 0.752. The average molecular weight is 102 g/mol. The average Bonchev–Trinajstić information content (AvgIpc) is 1.75. The molecule has 0 unspecified atom stereocenters. The summed E-state index contributed by atoms with van der Waals surface area (Å²) in [6, 6.07) is 0. The molecule has 0 aromatic carbocycles. The summed E-state index contributed by atoms with van der Waals surface area (Å²) in [5.74, 6) is 0. The molecule has 0 spiro atoms. The van der Waals surface area contributed by atoms with E-state index in [4.69, 9.17) is 5.11 Å². The molecule has 0 heterocycles. The van der Waals surface area contributed by atoms with Crippen molar-refractivity contribution in [1.29, 1.82) is 0 Å². The predicted octanol–water partition coefficient (Wildman–Crippen LogP) is 1.58. The summed E-state index contributed by atoms with van der Waals surface area (Å²) in [4.78, 5) is 0. The fourth-order valence-electron chi connectivity index (χ4n) is 0.105. The van der Waals surface area contributed by atoms with Crippen LogP contribution in [0.5, 0.6) is 0 Å². The first-order chi connectivity index (χ1) is 3.41. The minimum absolute atomic E-state index is 0.163. The van der Waals surface area contributed by atoms with Crippen molar-refractivity contribution in [3.63, 3.8) is 0 Å². The van der Waals surface area contributed by atoms with Crippen LogP contribution < -0.4 is 0 Å². The number of hydrogen-bond donors (Lipinski definition) is 1. The van der Waals surface area contributed by atoms with E-state index in [1.165, 1.54) is 0 Å². The third kappa shape index (κ3) is 27.0. The number of allylic oxidation sites excluding steroid dienone is 1. The van der Waals surface area contributed by atoms with Gasteiger partial charge in [-0.1, -0.05) is 26.0 Å². The van der Waals surface area contributed by atoms with Gasteiger partial charge in [-0.3, -0.25) is 0 Å². The fraction of sp³-hybridized carbons (Fsp3) is 0.667. The number of rotatable bonds is 1. The van der Waals surface area contributed by atoms with Gasteiger partial charge < -0.3 is 5.11 Å². The molecule has 44 valence electrons. The van der Waals surface area contributed by atoms with Gasteiger partial charge in [0.15, 0.2) is 0 Å². The van der Waals surface area contributed by atoms with E-state index in [1.54, 1.807) is 12.2 Å². The first-order valence-corrected chi connectivity index (χ1v) is 2.64. The predicted molar refractivity (Wildman–Crippen MR) is 33.2 cm³/mol. The van der Waals surface area contributed by atoms with Gasteiger partial charge in [-0.05, 0) is 6.92 Å². The Hall–Kier alpha value is -0.300. The third-order valence-corrected chi connectivity index (χ3v) is 0.341. The molecule has 1 heteroatoms. The maximum atomic E-state index is 7.98. The van der Waals surface area contributed by atoms with Crippen molar-refractivity contribution in [2.45, 2.75) is 20.8 Å². The molecule has 0 aliphatic heterocycles. The minimum atomic E-state index is 0.163. The molecule has 0 amide bonds. The van der Waals surface area contributed by atoms with Crippen LogP contribution in [0.25, 0.3) is 0 Å². The highest BCUT2D eigenvalue weighted by atomic mass is 16.2. The molecule has 0 bridgehead atoms. The lowest BCUT2D eigenvalue weighted by atomic mass is 10.6. The first-order valence-electron chi connectivity index (χ1n) is 2.64. The first kappa shape index (κ1) is 9.85. The van der Waals surface area contributed by atoms with Crippen LogP contribution in [0.1, 0.15) is 20.8 Å². The lowest BCUT2D eigenvalue weighted by Crippen LogP contribution is -1.65.